The molecule has 20 heavy (non-hydrogen) atoms. The van der Waals surface area contributed by atoms with E-state index >= 15 is 0 Å². The van der Waals surface area contributed by atoms with Crippen LogP contribution in [0.1, 0.15) is 24.5 Å². The number of alkyl halides is 3. The molecule has 0 amide bonds. The Hall–Kier alpha value is -2.23. The van der Waals surface area contributed by atoms with Gasteiger partial charge >= 0.3 is 12.1 Å². The monoisotopic (exact) mass is 286 g/mol. The van der Waals surface area contributed by atoms with Crippen LogP contribution in [0.25, 0.3) is 0 Å². The third kappa shape index (κ3) is 4.46. The molecule has 1 unspecified atom stereocenters. The number of halogens is 3. The lowest BCUT2D eigenvalue weighted by atomic mass is 10.1. The summed E-state index contributed by atoms with van der Waals surface area (Å²) in [6.45, 7) is 1.95. The summed E-state index contributed by atoms with van der Waals surface area (Å²) in [5, 5.41) is 20.3. The van der Waals surface area contributed by atoms with Crippen molar-refractivity contribution in [1.29, 1.82) is 5.26 Å². The number of hydrogen-bond acceptors (Lipinski definition) is 3. The predicted octanol–water partition coefficient (Wildman–Crippen LogP) is 3.10. The molecule has 0 aliphatic rings. The van der Waals surface area contributed by atoms with Crippen molar-refractivity contribution >= 4 is 11.7 Å². The molecule has 1 aromatic rings. The van der Waals surface area contributed by atoms with Gasteiger partial charge in [-0.05, 0) is 24.1 Å². The highest BCUT2D eigenvalue weighted by molar-refractivity contribution is 5.67. The van der Waals surface area contributed by atoms with Gasteiger partial charge in [-0.3, -0.25) is 4.79 Å². The van der Waals surface area contributed by atoms with Gasteiger partial charge in [0.1, 0.15) is 6.07 Å². The van der Waals surface area contributed by atoms with Crippen LogP contribution < -0.4 is 5.32 Å². The highest BCUT2D eigenvalue weighted by Crippen LogP contribution is 2.31. The van der Waals surface area contributed by atoms with E-state index in [4.69, 9.17) is 10.4 Å². The first-order valence-corrected chi connectivity index (χ1v) is 5.81. The van der Waals surface area contributed by atoms with Crippen LogP contribution in [0.3, 0.4) is 0 Å². The summed E-state index contributed by atoms with van der Waals surface area (Å²) in [7, 11) is 0. The number of aliphatic carboxylic acids is 1. The lowest BCUT2D eigenvalue weighted by molar-refractivity contribution is -0.138. The van der Waals surface area contributed by atoms with Crippen molar-refractivity contribution in [3.63, 3.8) is 0 Å². The molecule has 2 N–H and O–H groups in total. The summed E-state index contributed by atoms with van der Waals surface area (Å²) in [5.74, 6) is -1.16. The first-order valence-electron chi connectivity index (χ1n) is 5.81. The van der Waals surface area contributed by atoms with E-state index < -0.39 is 17.7 Å². The van der Waals surface area contributed by atoms with Gasteiger partial charge in [0.25, 0.3) is 0 Å². The van der Waals surface area contributed by atoms with Crippen LogP contribution in [0.2, 0.25) is 0 Å². The van der Waals surface area contributed by atoms with Crippen molar-refractivity contribution in [3.05, 3.63) is 29.3 Å². The van der Waals surface area contributed by atoms with Crippen molar-refractivity contribution in [2.24, 2.45) is 5.92 Å². The Kier molecular flexibility index (Phi) is 4.97. The number of rotatable bonds is 5. The molecule has 0 radical (unpaired) electrons. The van der Waals surface area contributed by atoms with Gasteiger partial charge in [-0.25, -0.2) is 0 Å². The van der Waals surface area contributed by atoms with Gasteiger partial charge in [-0.2, -0.15) is 18.4 Å². The fourth-order valence-corrected chi connectivity index (χ4v) is 1.62. The van der Waals surface area contributed by atoms with E-state index in [0.29, 0.717) is 0 Å². The summed E-state index contributed by atoms with van der Waals surface area (Å²) in [5.41, 5.74) is -0.752. The van der Waals surface area contributed by atoms with Crippen LogP contribution in [0.5, 0.6) is 0 Å². The van der Waals surface area contributed by atoms with Gasteiger partial charge in [-0.1, -0.05) is 6.92 Å². The minimum absolute atomic E-state index is 0.0600. The Morgan fingerprint density at radius 2 is 2.15 bits per heavy atom. The molecule has 0 saturated carbocycles. The van der Waals surface area contributed by atoms with Crippen LogP contribution in [0, 0.1) is 17.2 Å². The third-order valence-corrected chi connectivity index (χ3v) is 2.63. The van der Waals surface area contributed by atoms with Crippen molar-refractivity contribution < 1.29 is 23.1 Å². The van der Waals surface area contributed by atoms with Crippen molar-refractivity contribution in [2.75, 3.05) is 11.9 Å². The molecule has 0 aromatic heterocycles. The molecule has 0 aliphatic heterocycles. The van der Waals surface area contributed by atoms with Gasteiger partial charge < -0.3 is 10.4 Å². The number of carbonyl (C=O) groups is 1. The van der Waals surface area contributed by atoms with Crippen LogP contribution in [0.15, 0.2) is 18.2 Å². The number of carboxylic acid groups (broad SMARTS) is 1. The topological polar surface area (TPSA) is 73.1 Å². The van der Waals surface area contributed by atoms with Crippen molar-refractivity contribution in [3.8, 4) is 6.07 Å². The van der Waals surface area contributed by atoms with E-state index in [1.165, 1.54) is 6.07 Å². The summed E-state index contributed by atoms with van der Waals surface area (Å²) in [6, 6.07) is 4.52. The fourth-order valence-electron chi connectivity index (χ4n) is 1.62. The van der Waals surface area contributed by atoms with Gasteiger partial charge in [0.05, 0.1) is 16.8 Å². The summed E-state index contributed by atoms with van der Waals surface area (Å²) < 4.78 is 37.5. The Labute approximate surface area is 113 Å². The lowest BCUT2D eigenvalue weighted by Crippen LogP contribution is -2.16. The second kappa shape index (κ2) is 6.28. The fraction of sp³-hybridized carbons (Fsp3) is 0.385. The molecule has 4 nitrogen and oxygen atoms in total. The highest BCUT2D eigenvalue weighted by Gasteiger charge is 2.31. The van der Waals surface area contributed by atoms with Crippen molar-refractivity contribution in [1.82, 2.24) is 0 Å². The zero-order valence-corrected chi connectivity index (χ0v) is 10.7. The molecule has 0 heterocycles. The number of anilines is 1. The van der Waals surface area contributed by atoms with Crippen LogP contribution in [-0.2, 0) is 11.0 Å². The molecule has 7 heteroatoms. The Bertz CT molecular complexity index is 535. The minimum atomic E-state index is -4.50. The second-order valence-electron chi connectivity index (χ2n) is 4.45. The molecular weight excluding hydrogens is 273 g/mol. The van der Waals surface area contributed by atoms with Crippen LogP contribution >= 0.6 is 0 Å². The summed E-state index contributed by atoms with van der Waals surface area (Å²) in [4.78, 5) is 10.5. The van der Waals surface area contributed by atoms with E-state index in [1.807, 2.05) is 0 Å². The normalized spacial score (nSPS) is 12.6. The van der Waals surface area contributed by atoms with Gasteiger partial charge in [0, 0.05) is 13.0 Å². The number of benzene rings is 1. The average Bonchev–Trinajstić information content (AvgIpc) is 2.34. The Morgan fingerprint density at radius 1 is 1.50 bits per heavy atom. The molecule has 1 atom stereocenters. The van der Waals surface area contributed by atoms with E-state index in [2.05, 4.69) is 5.32 Å². The molecular formula is C13H13F3N2O2. The first-order chi connectivity index (χ1) is 9.24. The van der Waals surface area contributed by atoms with E-state index in [0.717, 1.165) is 12.1 Å². The molecule has 1 aromatic carbocycles. The minimum Gasteiger partial charge on any atom is -0.481 e. The number of nitriles is 1. The first kappa shape index (κ1) is 15.8. The number of hydrogen-bond donors (Lipinski definition) is 2. The maximum atomic E-state index is 12.5. The summed E-state index contributed by atoms with van der Waals surface area (Å²) >= 11 is 0. The van der Waals surface area contributed by atoms with E-state index in [1.54, 1.807) is 13.0 Å². The number of nitrogens with one attached hydrogen (secondary N) is 1. The predicted molar refractivity (Wildman–Crippen MR) is 66.1 cm³/mol. The van der Waals surface area contributed by atoms with Gasteiger partial charge in [0.2, 0.25) is 0 Å². The van der Waals surface area contributed by atoms with Crippen LogP contribution in [-0.4, -0.2) is 17.6 Å². The number of nitrogens with zero attached hydrogens (tertiary/aromatic N) is 1. The van der Waals surface area contributed by atoms with E-state index in [9.17, 15) is 18.0 Å². The van der Waals surface area contributed by atoms with Gasteiger partial charge in [0.15, 0.2) is 0 Å². The molecule has 0 saturated heterocycles. The molecule has 1 rings (SSSR count). The molecule has 0 aliphatic carbocycles. The zero-order chi connectivity index (χ0) is 15.3. The third-order valence-electron chi connectivity index (χ3n) is 2.63. The standard InChI is InChI=1S/C13H13F3N2O2/c1-8(4-12(19)20)7-18-11-3-2-10(13(14,15)16)5-9(11)6-17/h2-3,5,8,18H,4,7H2,1H3,(H,19,20). The SMILES string of the molecule is CC(CNc1ccc(C(F)(F)F)cc1C#N)CC(=O)O. The molecule has 0 bridgehead atoms. The Morgan fingerprint density at radius 3 is 2.65 bits per heavy atom. The van der Waals surface area contributed by atoms with Gasteiger partial charge in [-0.15, -0.1) is 0 Å². The van der Waals surface area contributed by atoms with Crippen LogP contribution in [0.4, 0.5) is 18.9 Å². The zero-order valence-electron chi connectivity index (χ0n) is 10.7. The van der Waals surface area contributed by atoms with E-state index in [-0.39, 0.29) is 30.1 Å². The highest BCUT2D eigenvalue weighted by atomic mass is 19.4. The lowest BCUT2D eigenvalue weighted by Gasteiger charge is -2.14. The molecule has 108 valence electrons. The largest absolute Gasteiger partial charge is 0.481 e. The average molecular weight is 286 g/mol. The number of carboxylic acids is 1. The van der Waals surface area contributed by atoms with Crippen molar-refractivity contribution in [2.45, 2.75) is 19.5 Å². The Balaban J connectivity index is 2.82. The summed E-state index contributed by atoms with van der Waals surface area (Å²) in [6.07, 6.45) is -4.56. The smallest absolute Gasteiger partial charge is 0.416 e. The maximum Gasteiger partial charge on any atom is 0.416 e. The maximum absolute atomic E-state index is 12.5. The molecule has 0 fully saturated rings. The quantitative estimate of drug-likeness (QED) is 0.872. The molecule has 0 spiro atoms. The second-order valence-corrected chi connectivity index (χ2v) is 4.45.